The van der Waals surface area contributed by atoms with E-state index in [0.717, 1.165) is 17.3 Å². The Morgan fingerprint density at radius 2 is 2.35 bits per heavy atom. The zero-order valence-corrected chi connectivity index (χ0v) is 13.1. The van der Waals surface area contributed by atoms with Crippen molar-refractivity contribution in [3.63, 3.8) is 0 Å². The molecule has 0 aromatic heterocycles. The smallest absolute Gasteiger partial charge is 0.227 e. The van der Waals surface area contributed by atoms with Crippen LogP contribution in [-0.4, -0.2) is 35.1 Å². The molecule has 1 amide bonds. The van der Waals surface area contributed by atoms with Gasteiger partial charge in [-0.15, -0.1) is 0 Å². The summed E-state index contributed by atoms with van der Waals surface area (Å²) in [6, 6.07) is 4.62. The van der Waals surface area contributed by atoms with Gasteiger partial charge in [0.2, 0.25) is 5.91 Å². The molecular formula is C15H19BrFNO2. The maximum Gasteiger partial charge on any atom is 0.227 e. The molecule has 2 rings (SSSR count). The van der Waals surface area contributed by atoms with Crippen LogP contribution in [0.2, 0.25) is 0 Å². The number of carbonyl (C=O) groups excluding carboxylic acids is 1. The van der Waals surface area contributed by atoms with Crippen molar-refractivity contribution in [1.29, 1.82) is 0 Å². The molecule has 2 unspecified atom stereocenters. The predicted molar refractivity (Wildman–Crippen MR) is 78.8 cm³/mol. The van der Waals surface area contributed by atoms with Gasteiger partial charge in [-0.2, -0.15) is 0 Å². The van der Waals surface area contributed by atoms with Gasteiger partial charge >= 0.3 is 0 Å². The molecule has 0 spiro atoms. The fourth-order valence-electron chi connectivity index (χ4n) is 2.58. The zero-order valence-electron chi connectivity index (χ0n) is 11.5. The first-order valence-electron chi connectivity index (χ1n) is 6.87. The summed E-state index contributed by atoms with van der Waals surface area (Å²) >= 11 is 3.29. The molecule has 1 aromatic carbocycles. The number of halogens is 2. The molecule has 3 nitrogen and oxygen atoms in total. The van der Waals surface area contributed by atoms with Crippen LogP contribution in [0, 0.1) is 11.7 Å². The average molecular weight is 344 g/mol. The topological polar surface area (TPSA) is 40.5 Å². The van der Waals surface area contributed by atoms with Crippen LogP contribution in [-0.2, 0) is 11.2 Å². The van der Waals surface area contributed by atoms with Gasteiger partial charge in [-0.1, -0.05) is 15.9 Å². The molecule has 1 aliphatic rings. The molecule has 1 heterocycles. The number of hydrogen-bond donors (Lipinski definition) is 1. The summed E-state index contributed by atoms with van der Waals surface area (Å²) in [6.07, 6.45) is 1.49. The van der Waals surface area contributed by atoms with E-state index >= 15 is 0 Å². The van der Waals surface area contributed by atoms with E-state index in [4.69, 9.17) is 0 Å². The highest BCUT2D eigenvalue weighted by Gasteiger charge is 2.26. The van der Waals surface area contributed by atoms with E-state index in [1.54, 1.807) is 24.0 Å². The SMILES string of the molecule is CC(O)C1CCCN(C(=O)Cc2cc(Br)ccc2F)C1. The summed E-state index contributed by atoms with van der Waals surface area (Å²) in [6.45, 7) is 3.01. The number of rotatable bonds is 3. The Morgan fingerprint density at radius 1 is 1.60 bits per heavy atom. The third-order valence-corrected chi connectivity index (χ3v) is 4.34. The molecular weight excluding hydrogens is 325 g/mol. The number of aliphatic hydroxyl groups excluding tert-OH is 1. The second-order valence-corrected chi connectivity index (χ2v) is 6.31. The average Bonchev–Trinajstić information content (AvgIpc) is 2.43. The number of benzene rings is 1. The van der Waals surface area contributed by atoms with Gasteiger partial charge in [0.15, 0.2) is 0 Å². The van der Waals surface area contributed by atoms with Gasteiger partial charge in [0.05, 0.1) is 12.5 Å². The van der Waals surface area contributed by atoms with Gasteiger partial charge in [0.25, 0.3) is 0 Å². The van der Waals surface area contributed by atoms with Crippen molar-refractivity contribution in [2.45, 2.75) is 32.3 Å². The van der Waals surface area contributed by atoms with Crippen molar-refractivity contribution in [2.24, 2.45) is 5.92 Å². The van der Waals surface area contributed by atoms with Gasteiger partial charge in [-0.3, -0.25) is 4.79 Å². The summed E-state index contributed by atoms with van der Waals surface area (Å²) < 4.78 is 14.4. The monoisotopic (exact) mass is 343 g/mol. The number of nitrogens with zero attached hydrogens (tertiary/aromatic N) is 1. The molecule has 0 radical (unpaired) electrons. The molecule has 1 fully saturated rings. The van der Waals surface area contributed by atoms with Crippen molar-refractivity contribution >= 4 is 21.8 Å². The molecule has 110 valence electrons. The minimum absolute atomic E-state index is 0.0673. The Labute approximate surface area is 126 Å². The first kappa shape index (κ1) is 15.4. The summed E-state index contributed by atoms with van der Waals surface area (Å²) in [5, 5.41) is 9.64. The highest BCUT2D eigenvalue weighted by Crippen LogP contribution is 2.22. The molecule has 0 aliphatic carbocycles. The fraction of sp³-hybridized carbons (Fsp3) is 0.533. The van der Waals surface area contributed by atoms with Crippen LogP contribution >= 0.6 is 15.9 Å². The Kier molecular flexibility index (Phi) is 5.16. The summed E-state index contributed by atoms with van der Waals surface area (Å²) in [4.78, 5) is 14.0. The van der Waals surface area contributed by atoms with Gasteiger partial charge in [-0.05, 0) is 43.5 Å². The van der Waals surface area contributed by atoms with Crippen molar-refractivity contribution < 1.29 is 14.3 Å². The van der Waals surface area contributed by atoms with Crippen LogP contribution in [0.25, 0.3) is 0 Å². The van der Waals surface area contributed by atoms with Crippen molar-refractivity contribution in [1.82, 2.24) is 4.90 Å². The highest BCUT2D eigenvalue weighted by atomic mass is 79.9. The number of aliphatic hydroxyl groups is 1. The van der Waals surface area contributed by atoms with Crippen LogP contribution in [0.15, 0.2) is 22.7 Å². The lowest BCUT2D eigenvalue weighted by molar-refractivity contribution is -0.133. The zero-order chi connectivity index (χ0) is 14.7. The van der Waals surface area contributed by atoms with Crippen LogP contribution in [0.5, 0.6) is 0 Å². The first-order valence-corrected chi connectivity index (χ1v) is 7.66. The van der Waals surface area contributed by atoms with Gasteiger partial charge in [0, 0.05) is 23.5 Å². The molecule has 1 aromatic rings. The maximum absolute atomic E-state index is 13.7. The van der Waals surface area contributed by atoms with Gasteiger partial charge < -0.3 is 10.0 Å². The molecule has 1 N–H and O–H groups in total. The van der Waals surface area contributed by atoms with Gasteiger partial charge in [0.1, 0.15) is 5.82 Å². The number of piperidine rings is 1. The lowest BCUT2D eigenvalue weighted by Gasteiger charge is -2.34. The third-order valence-electron chi connectivity index (χ3n) is 3.84. The van der Waals surface area contributed by atoms with E-state index in [2.05, 4.69) is 15.9 Å². The van der Waals surface area contributed by atoms with E-state index < -0.39 is 6.10 Å². The van der Waals surface area contributed by atoms with Crippen molar-refractivity contribution in [2.75, 3.05) is 13.1 Å². The second kappa shape index (κ2) is 6.68. The molecule has 2 atom stereocenters. The lowest BCUT2D eigenvalue weighted by Crippen LogP contribution is -2.43. The number of carbonyl (C=O) groups is 1. The molecule has 5 heteroatoms. The quantitative estimate of drug-likeness (QED) is 0.916. The fourth-order valence-corrected chi connectivity index (χ4v) is 2.99. The van der Waals surface area contributed by atoms with Crippen molar-refractivity contribution in [3.8, 4) is 0 Å². The van der Waals surface area contributed by atoms with Crippen molar-refractivity contribution in [3.05, 3.63) is 34.1 Å². The number of likely N-dealkylation sites (tertiary alicyclic amines) is 1. The van der Waals surface area contributed by atoms with Crippen LogP contribution < -0.4 is 0 Å². The van der Waals surface area contributed by atoms with Crippen LogP contribution in [0.1, 0.15) is 25.3 Å². The predicted octanol–water partition coefficient (Wildman–Crippen LogP) is 2.75. The Hall–Kier alpha value is -0.940. The van der Waals surface area contributed by atoms with E-state index in [0.29, 0.717) is 18.7 Å². The standard InChI is InChI=1S/C15H19BrFNO2/c1-10(19)11-3-2-6-18(9-11)15(20)8-12-7-13(16)4-5-14(12)17/h4-5,7,10-11,19H,2-3,6,8-9H2,1H3. The molecule has 0 bridgehead atoms. The van der Waals surface area contributed by atoms with E-state index in [-0.39, 0.29) is 24.1 Å². The normalized spacial score (nSPS) is 20.8. The highest BCUT2D eigenvalue weighted by molar-refractivity contribution is 9.10. The second-order valence-electron chi connectivity index (χ2n) is 5.40. The lowest BCUT2D eigenvalue weighted by atomic mass is 9.93. The molecule has 1 aliphatic heterocycles. The van der Waals surface area contributed by atoms with Crippen LogP contribution in [0.4, 0.5) is 4.39 Å². The van der Waals surface area contributed by atoms with E-state index in [1.807, 2.05) is 0 Å². The summed E-state index contributed by atoms with van der Waals surface area (Å²) in [5.41, 5.74) is 0.406. The molecule has 1 saturated heterocycles. The minimum Gasteiger partial charge on any atom is -0.393 e. The first-order chi connectivity index (χ1) is 9.47. The third kappa shape index (κ3) is 3.79. The number of amides is 1. The van der Waals surface area contributed by atoms with E-state index in [9.17, 15) is 14.3 Å². The van der Waals surface area contributed by atoms with E-state index in [1.165, 1.54) is 6.07 Å². The Morgan fingerprint density at radius 3 is 3.05 bits per heavy atom. The molecule has 20 heavy (non-hydrogen) atoms. The Balaban J connectivity index is 2.02. The largest absolute Gasteiger partial charge is 0.393 e. The summed E-state index contributed by atoms with van der Waals surface area (Å²) in [5.74, 6) is -0.307. The van der Waals surface area contributed by atoms with Crippen LogP contribution in [0.3, 0.4) is 0 Å². The summed E-state index contributed by atoms with van der Waals surface area (Å²) in [7, 11) is 0. The maximum atomic E-state index is 13.7. The minimum atomic E-state index is -0.409. The molecule has 0 saturated carbocycles. The Bertz CT molecular complexity index is 493. The number of hydrogen-bond acceptors (Lipinski definition) is 2. The van der Waals surface area contributed by atoms with Gasteiger partial charge in [-0.25, -0.2) is 4.39 Å².